The zero-order valence-corrected chi connectivity index (χ0v) is 28.5. The third kappa shape index (κ3) is 4.55. The molecule has 0 saturated heterocycles. The number of para-hydroxylation sites is 1. The lowest BCUT2D eigenvalue weighted by molar-refractivity contribution is 0.485. The summed E-state index contributed by atoms with van der Waals surface area (Å²) in [5, 5.41) is 2.34. The van der Waals surface area contributed by atoms with Crippen LogP contribution in [0.25, 0.3) is 55.3 Å². The highest BCUT2D eigenvalue weighted by Gasteiger charge is 2.36. The van der Waals surface area contributed by atoms with Crippen LogP contribution in [-0.4, -0.2) is 4.98 Å². The summed E-state index contributed by atoms with van der Waals surface area (Å²) in [6.07, 6.45) is 3.73. The van der Waals surface area contributed by atoms with Crippen LogP contribution in [0.3, 0.4) is 0 Å². The molecular formula is C48H34N2O. The summed E-state index contributed by atoms with van der Waals surface area (Å²) < 4.78 is 6.57. The number of aromatic nitrogens is 1. The molecular weight excluding hydrogens is 621 g/mol. The van der Waals surface area contributed by atoms with Crippen LogP contribution in [0, 0.1) is 0 Å². The van der Waals surface area contributed by atoms with E-state index in [0.29, 0.717) is 0 Å². The minimum atomic E-state index is -0.124. The van der Waals surface area contributed by atoms with E-state index in [-0.39, 0.29) is 5.41 Å². The maximum Gasteiger partial charge on any atom is 0.138 e. The van der Waals surface area contributed by atoms with Crippen molar-refractivity contribution in [3.63, 3.8) is 0 Å². The first-order valence-electron chi connectivity index (χ1n) is 17.5. The number of anilines is 3. The minimum Gasteiger partial charge on any atom is -0.456 e. The van der Waals surface area contributed by atoms with E-state index in [1.54, 1.807) is 6.20 Å². The first-order chi connectivity index (χ1) is 25.1. The molecule has 2 heterocycles. The van der Waals surface area contributed by atoms with Crippen molar-refractivity contribution in [2.75, 3.05) is 4.90 Å². The topological polar surface area (TPSA) is 25.4 Å². The average Bonchev–Trinajstić information content (AvgIpc) is 3.41. The van der Waals surface area contributed by atoms with Crippen molar-refractivity contribution in [2.24, 2.45) is 0 Å². The monoisotopic (exact) mass is 654 g/mol. The van der Waals surface area contributed by atoms with Gasteiger partial charge in [0.05, 0.1) is 5.69 Å². The Morgan fingerprint density at radius 3 is 2.00 bits per heavy atom. The molecule has 0 spiro atoms. The maximum atomic E-state index is 6.57. The molecule has 2 aliphatic rings. The van der Waals surface area contributed by atoms with Crippen LogP contribution in [0.5, 0.6) is 11.5 Å². The van der Waals surface area contributed by atoms with Gasteiger partial charge in [-0.05, 0) is 92.4 Å². The zero-order valence-electron chi connectivity index (χ0n) is 28.5. The number of rotatable bonds is 4. The van der Waals surface area contributed by atoms with Gasteiger partial charge in [-0.3, -0.25) is 4.98 Å². The number of fused-ring (bicyclic) bond motifs is 7. The van der Waals surface area contributed by atoms with Crippen molar-refractivity contribution in [2.45, 2.75) is 19.3 Å². The molecule has 0 unspecified atom stereocenters. The van der Waals surface area contributed by atoms with E-state index in [9.17, 15) is 0 Å². The molecule has 0 saturated carbocycles. The van der Waals surface area contributed by atoms with Crippen molar-refractivity contribution in [1.82, 2.24) is 4.98 Å². The van der Waals surface area contributed by atoms with Gasteiger partial charge in [-0.25, -0.2) is 0 Å². The van der Waals surface area contributed by atoms with Gasteiger partial charge in [0, 0.05) is 45.7 Å². The zero-order chi connectivity index (χ0) is 34.1. The molecule has 1 aromatic heterocycles. The van der Waals surface area contributed by atoms with Crippen LogP contribution in [0.15, 0.2) is 170 Å². The van der Waals surface area contributed by atoms with Crippen LogP contribution >= 0.6 is 0 Å². The molecule has 3 nitrogen and oxygen atoms in total. The fourth-order valence-corrected chi connectivity index (χ4v) is 8.30. The first-order valence-corrected chi connectivity index (χ1v) is 17.5. The summed E-state index contributed by atoms with van der Waals surface area (Å²) in [4.78, 5) is 6.98. The lowest BCUT2D eigenvalue weighted by atomic mass is 9.82. The van der Waals surface area contributed by atoms with E-state index < -0.39 is 0 Å². The Morgan fingerprint density at radius 2 is 1.14 bits per heavy atom. The molecule has 0 radical (unpaired) electrons. The summed E-state index contributed by atoms with van der Waals surface area (Å²) in [5.41, 5.74) is 15.2. The molecule has 1 aliphatic carbocycles. The summed E-state index contributed by atoms with van der Waals surface area (Å²) in [6.45, 7) is 4.70. The summed E-state index contributed by atoms with van der Waals surface area (Å²) in [5.74, 6) is 1.64. The van der Waals surface area contributed by atoms with E-state index in [4.69, 9.17) is 4.74 Å². The standard InChI is InChI=1S/C48H34N2O/c1-48(2)42-17-8-6-13-35(42)36-24-23-34(29-43(36)48)50(33-21-19-32(20-22-33)31-11-4-3-5-12-31)44-26-25-39-41-30-49-28-27-46(41)51-45-18-9-7-14-37(45)38-15-10-16-40(44)47(38)39/h3-30H,1-2H3. The molecule has 3 heteroatoms. The SMILES string of the molecule is CC1(C)c2ccccc2-c2ccc(N(c3ccc(-c4ccccc4)cc3)c3ccc4c5c(cccc35)-c3ccccc3Oc3ccncc3-4)cc21. The fourth-order valence-electron chi connectivity index (χ4n) is 8.30. The smallest absolute Gasteiger partial charge is 0.138 e. The Labute approximate surface area is 298 Å². The van der Waals surface area contributed by atoms with E-state index in [1.807, 2.05) is 18.3 Å². The number of hydrogen-bond donors (Lipinski definition) is 0. The highest BCUT2D eigenvalue weighted by atomic mass is 16.5. The molecule has 0 amide bonds. The largest absolute Gasteiger partial charge is 0.456 e. The van der Waals surface area contributed by atoms with Crippen molar-refractivity contribution < 1.29 is 4.74 Å². The van der Waals surface area contributed by atoms with Crippen molar-refractivity contribution in [1.29, 1.82) is 0 Å². The average molecular weight is 655 g/mol. The second kappa shape index (κ2) is 11.3. The molecule has 51 heavy (non-hydrogen) atoms. The third-order valence-corrected chi connectivity index (χ3v) is 10.8. The van der Waals surface area contributed by atoms with E-state index >= 15 is 0 Å². The van der Waals surface area contributed by atoms with Crippen molar-refractivity contribution in [3.8, 4) is 56.0 Å². The number of hydrogen-bond acceptors (Lipinski definition) is 3. The molecule has 1 aliphatic heterocycles. The highest BCUT2D eigenvalue weighted by molar-refractivity contribution is 6.14. The molecule has 10 rings (SSSR count). The van der Waals surface area contributed by atoms with Crippen LogP contribution in [0.4, 0.5) is 17.1 Å². The van der Waals surface area contributed by atoms with E-state index in [0.717, 1.165) is 56.2 Å². The fraction of sp³-hybridized carbons (Fsp3) is 0.0625. The number of benzene rings is 7. The predicted octanol–water partition coefficient (Wildman–Crippen LogP) is 13.1. The van der Waals surface area contributed by atoms with Crippen LogP contribution in [-0.2, 0) is 5.41 Å². The Kier molecular flexibility index (Phi) is 6.53. The van der Waals surface area contributed by atoms with Gasteiger partial charge >= 0.3 is 0 Å². The quantitative estimate of drug-likeness (QED) is 0.189. The number of ether oxygens (including phenoxy) is 1. The summed E-state index contributed by atoms with van der Waals surface area (Å²) in [7, 11) is 0. The predicted molar refractivity (Wildman–Crippen MR) is 210 cm³/mol. The van der Waals surface area contributed by atoms with Crippen LogP contribution in [0.1, 0.15) is 25.0 Å². The molecule has 242 valence electrons. The molecule has 0 bridgehead atoms. The second-order valence-corrected chi connectivity index (χ2v) is 14.0. The minimum absolute atomic E-state index is 0.124. The molecule has 8 aromatic rings. The van der Waals surface area contributed by atoms with E-state index in [2.05, 4.69) is 169 Å². The van der Waals surface area contributed by atoms with E-state index in [1.165, 1.54) is 38.8 Å². The maximum absolute atomic E-state index is 6.57. The lowest BCUT2D eigenvalue weighted by Crippen LogP contribution is -2.16. The van der Waals surface area contributed by atoms with Gasteiger partial charge in [0.1, 0.15) is 11.5 Å². The van der Waals surface area contributed by atoms with Crippen molar-refractivity contribution >= 4 is 27.8 Å². The molecule has 0 atom stereocenters. The normalized spacial score (nSPS) is 13.2. The van der Waals surface area contributed by atoms with Crippen molar-refractivity contribution in [3.05, 3.63) is 181 Å². The van der Waals surface area contributed by atoms with Gasteiger partial charge in [0.2, 0.25) is 0 Å². The Morgan fingerprint density at radius 1 is 0.490 bits per heavy atom. The van der Waals surface area contributed by atoms with Gasteiger partial charge in [-0.2, -0.15) is 0 Å². The van der Waals surface area contributed by atoms with Crippen LogP contribution in [0.2, 0.25) is 0 Å². The van der Waals surface area contributed by atoms with Gasteiger partial charge in [0.15, 0.2) is 0 Å². The summed E-state index contributed by atoms with van der Waals surface area (Å²) >= 11 is 0. The van der Waals surface area contributed by atoms with Gasteiger partial charge in [-0.1, -0.05) is 129 Å². The molecule has 0 fully saturated rings. The van der Waals surface area contributed by atoms with Gasteiger partial charge in [-0.15, -0.1) is 0 Å². The number of nitrogens with zero attached hydrogens (tertiary/aromatic N) is 2. The first kappa shape index (κ1) is 29.5. The molecule has 0 N–H and O–H groups in total. The lowest BCUT2D eigenvalue weighted by Gasteiger charge is -2.30. The third-order valence-electron chi connectivity index (χ3n) is 10.8. The Balaban J connectivity index is 1.24. The Bertz CT molecular complexity index is 2590. The number of pyridine rings is 1. The van der Waals surface area contributed by atoms with Gasteiger partial charge in [0.25, 0.3) is 0 Å². The molecule has 7 aromatic carbocycles. The highest BCUT2D eigenvalue weighted by Crippen LogP contribution is 2.53. The second-order valence-electron chi connectivity index (χ2n) is 14.0. The summed E-state index contributed by atoms with van der Waals surface area (Å²) in [6, 6.07) is 56.9. The Hall–Kier alpha value is -6.45. The van der Waals surface area contributed by atoms with Gasteiger partial charge < -0.3 is 9.64 Å². The van der Waals surface area contributed by atoms with Crippen LogP contribution < -0.4 is 9.64 Å².